The average Bonchev–Trinajstić information content (AvgIpc) is 2.97. The summed E-state index contributed by atoms with van der Waals surface area (Å²) in [5.41, 5.74) is 1.02. The van der Waals surface area contributed by atoms with Crippen LogP contribution in [-0.4, -0.2) is 22.6 Å². The minimum atomic E-state index is -4.37. The molecule has 0 bridgehead atoms. The summed E-state index contributed by atoms with van der Waals surface area (Å²) in [6, 6.07) is 12.7. The number of halogens is 4. The third kappa shape index (κ3) is 4.41. The number of rotatable bonds is 5. The third-order valence-electron chi connectivity index (χ3n) is 4.30. The van der Waals surface area contributed by atoms with Crippen molar-refractivity contribution in [3.05, 3.63) is 77.9 Å². The number of carbonyl (C=O) groups is 1. The predicted molar refractivity (Wildman–Crippen MR) is 105 cm³/mol. The van der Waals surface area contributed by atoms with Crippen LogP contribution in [0.25, 0.3) is 0 Å². The Kier molecular flexibility index (Phi) is 6.01. The molecule has 1 amide bonds. The van der Waals surface area contributed by atoms with Gasteiger partial charge >= 0.3 is 6.18 Å². The van der Waals surface area contributed by atoms with Crippen molar-refractivity contribution in [2.75, 3.05) is 6.54 Å². The van der Waals surface area contributed by atoms with Gasteiger partial charge in [0.05, 0.1) is 10.4 Å². The molecule has 1 aliphatic heterocycles. The lowest BCUT2D eigenvalue weighted by Crippen LogP contribution is -2.38. The maximum absolute atomic E-state index is 13.1. The highest BCUT2D eigenvalue weighted by molar-refractivity contribution is 9.09. The van der Waals surface area contributed by atoms with Crippen LogP contribution < -0.4 is 0 Å². The van der Waals surface area contributed by atoms with Gasteiger partial charge in [-0.3, -0.25) is 4.79 Å². The third-order valence-corrected chi connectivity index (χ3v) is 7.02. The molecule has 0 saturated carbocycles. The van der Waals surface area contributed by atoms with Crippen molar-refractivity contribution in [3.63, 3.8) is 0 Å². The zero-order chi connectivity index (χ0) is 19.6. The van der Waals surface area contributed by atoms with Crippen LogP contribution in [0.2, 0.25) is 0 Å². The molecule has 7 heteroatoms. The molecule has 0 aromatic heterocycles. The molecule has 0 radical (unpaired) electrons. The molecule has 0 saturated heterocycles. The fourth-order valence-corrected chi connectivity index (χ4v) is 5.32. The number of hydrogen-bond acceptors (Lipinski definition) is 2. The van der Waals surface area contributed by atoms with E-state index in [1.807, 2.05) is 24.3 Å². The van der Waals surface area contributed by atoms with Gasteiger partial charge in [-0.05, 0) is 29.3 Å². The number of fused-ring (bicyclic) bond motifs is 1. The Morgan fingerprint density at radius 3 is 2.44 bits per heavy atom. The van der Waals surface area contributed by atoms with Crippen LogP contribution in [-0.2, 0) is 17.5 Å². The molecule has 27 heavy (non-hydrogen) atoms. The van der Waals surface area contributed by atoms with Crippen molar-refractivity contribution < 1.29 is 18.0 Å². The van der Waals surface area contributed by atoms with Crippen molar-refractivity contribution in [2.24, 2.45) is 0 Å². The Morgan fingerprint density at radius 1 is 1.19 bits per heavy atom. The van der Waals surface area contributed by atoms with Gasteiger partial charge in [-0.25, -0.2) is 0 Å². The molecule has 2 aromatic carbocycles. The van der Waals surface area contributed by atoms with E-state index in [0.717, 1.165) is 22.6 Å². The Morgan fingerprint density at radius 2 is 1.85 bits per heavy atom. The van der Waals surface area contributed by atoms with Gasteiger partial charge in [-0.15, -0.1) is 18.3 Å². The standard InChI is InChI=1S/C20H17BrF3NOS/c1-2-11-25(12-13-7-9-14(10-8-13)20(22,23)24)19(26)18-17(21)15-5-3-4-6-16(15)27-18/h2-10,17-18H,1,11-12H2. The molecule has 0 aliphatic carbocycles. The number of thioether (sulfide) groups is 1. The van der Waals surface area contributed by atoms with Crippen LogP contribution in [0.4, 0.5) is 13.2 Å². The molecule has 1 aliphatic rings. The molecule has 2 aromatic rings. The summed E-state index contributed by atoms with van der Waals surface area (Å²) in [6.07, 6.45) is -2.75. The second kappa shape index (κ2) is 8.10. The number of alkyl halides is 4. The molecule has 142 valence electrons. The van der Waals surface area contributed by atoms with E-state index in [9.17, 15) is 18.0 Å². The molecule has 0 fully saturated rings. The van der Waals surface area contributed by atoms with Crippen LogP contribution in [0.3, 0.4) is 0 Å². The number of nitrogens with zero attached hydrogens (tertiary/aromatic N) is 1. The second-order valence-corrected chi connectivity index (χ2v) is 8.35. The molecule has 0 N–H and O–H groups in total. The molecule has 1 heterocycles. The number of amides is 1. The van der Waals surface area contributed by atoms with Gasteiger partial charge in [0.2, 0.25) is 5.91 Å². The first-order valence-electron chi connectivity index (χ1n) is 8.26. The summed E-state index contributed by atoms with van der Waals surface area (Å²) in [4.78, 5) is 15.7. The quantitative estimate of drug-likeness (QED) is 0.417. The fourth-order valence-electron chi connectivity index (χ4n) is 2.94. The van der Waals surface area contributed by atoms with Crippen LogP contribution in [0, 0.1) is 0 Å². The van der Waals surface area contributed by atoms with Gasteiger partial charge in [-0.1, -0.05) is 52.3 Å². The molecule has 0 spiro atoms. The number of benzene rings is 2. The molecular weight excluding hydrogens is 439 g/mol. The zero-order valence-corrected chi connectivity index (χ0v) is 16.7. The number of carbonyl (C=O) groups excluding carboxylic acids is 1. The first kappa shape index (κ1) is 20.0. The first-order chi connectivity index (χ1) is 12.8. The van der Waals surface area contributed by atoms with E-state index < -0.39 is 11.7 Å². The molecular formula is C20H17BrF3NOS. The summed E-state index contributed by atoms with van der Waals surface area (Å²) in [7, 11) is 0. The van der Waals surface area contributed by atoms with Crippen molar-refractivity contribution >= 4 is 33.6 Å². The van der Waals surface area contributed by atoms with E-state index in [4.69, 9.17) is 0 Å². The topological polar surface area (TPSA) is 20.3 Å². The molecule has 2 nitrogen and oxygen atoms in total. The highest BCUT2D eigenvalue weighted by Gasteiger charge is 2.38. The second-order valence-electron chi connectivity index (χ2n) is 6.18. The van der Waals surface area contributed by atoms with Gasteiger partial charge < -0.3 is 4.90 Å². The normalized spacial score (nSPS) is 18.8. The fraction of sp³-hybridized carbons (Fsp3) is 0.250. The first-order valence-corrected chi connectivity index (χ1v) is 10.1. The largest absolute Gasteiger partial charge is 0.416 e. The van der Waals surface area contributed by atoms with Crippen molar-refractivity contribution in [3.8, 4) is 0 Å². The summed E-state index contributed by atoms with van der Waals surface area (Å²) >= 11 is 5.12. The summed E-state index contributed by atoms with van der Waals surface area (Å²) in [6.45, 7) is 4.25. The van der Waals surface area contributed by atoms with Gasteiger partial charge in [0, 0.05) is 18.0 Å². The van der Waals surface area contributed by atoms with Crippen LogP contribution >= 0.6 is 27.7 Å². The summed E-state index contributed by atoms with van der Waals surface area (Å²) < 4.78 is 38.2. The van der Waals surface area contributed by atoms with E-state index in [2.05, 4.69) is 22.5 Å². The van der Waals surface area contributed by atoms with Crippen molar-refractivity contribution in [1.29, 1.82) is 0 Å². The number of hydrogen-bond donors (Lipinski definition) is 0. The summed E-state index contributed by atoms with van der Waals surface area (Å²) in [5.74, 6) is -0.0714. The molecule has 3 rings (SSSR count). The van der Waals surface area contributed by atoms with E-state index >= 15 is 0 Å². The van der Waals surface area contributed by atoms with Gasteiger partial charge in [0.1, 0.15) is 5.25 Å². The minimum absolute atomic E-state index is 0.0714. The van der Waals surface area contributed by atoms with E-state index in [-0.39, 0.29) is 22.5 Å². The van der Waals surface area contributed by atoms with Crippen molar-refractivity contribution in [2.45, 2.75) is 27.7 Å². The highest BCUT2D eigenvalue weighted by Crippen LogP contribution is 2.49. The Hall–Kier alpha value is -1.73. The minimum Gasteiger partial charge on any atom is -0.334 e. The van der Waals surface area contributed by atoms with E-state index in [1.54, 1.807) is 11.0 Å². The van der Waals surface area contributed by atoms with Gasteiger partial charge in [-0.2, -0.15) is 13.2 Å². The lowest BCUT2D eigenvalue weighted by Gasteiger charge is -2.26. The van der Waals surface area contributed by atoms with Crippen molar-refractivity contribution in [1.82, 2.24) is 4.90 Å². The Bertz CT molecular complexity index is 838. The lowest BCUT2D eigenvalue weighted by atomic mass is 10.1. The van der Waals surface area contributed by atoms with Gasteiger partial charge in [0.25, 0.3) is 0 Å². The SMILES string of the molecule is C=CCN(Cc1ccc(C(F)(F)F)cc1)C(=O)C1Sc2ccccc2C1Br. The predicted octanol–water partition coefficient (Wildman–Crippen LogP) is 5.83. The smallest absolute Gasteiger partial charge is 0.334 e. The Labute approximate surface area is 168 Å². The van der Waals surface area contributed by atoms with Crippen LogP contribution in [0.1, 0.15) is 21.5 Å². The summed E-state index contributed by atoms with van der Waals surface area (Å²) in [5, 5.41) is -0.322. The maximum Gasteiger partial charge on any atom is 0.416 e. The van der Waals surface area contributed by atoms with Gasteiger partial charge in [0.15, 0.2) is 0 Å². The monoisotopic (exact) mass is 455 g/mol. The van der Waals surface area contributed by atoms with E-state index in [0.29, 0.717) is 12.1 Å². The zero-order valence-electron chi connectivity index (χ0n) is 14.2. The lowest BCUT2D eigenvalue weighted by molar-refractivity contribution is -0.137. The van der Waals surface area contributed by atoms with Crippen LogP contribution in [0.5, 0.6) is 0 Å². The molecule has 2 atom stereocenters. The maximum atomic E-state index is 13.1. The highest BCUT2D eigenvalue weighted by atomic mass is 79.9. The average molecular weight is 456 g/mol. The van der Waals surface area contributed by atoms with E-state index in [1.165, 1.54) is 23.9 Å². The van der Waals surface area contributed by atoms with Crippen LogP contribution in [0.15, 0.2) is 66.1 Å². The molecule has 2 unspecified atom stereocenters. The Balaban J connectivity index is 1.76.